The monoisotopic (exact) mass is 336 g/mol. The van der Waals surface area contributed by atoms with E-state index < -0.39 is 0 Å². The van der Waals surface area contributed by atoms with Gasteiger partial charge in [0.05, 0.1) is 15.9 Å². The molecule has 0 amide bonds. The molecule has 0 atom stereocenters. The Bertz CT molecular complexity index is 617. The lowest BCUT2D eigenvalue weighted by molar-refractivity contribution is 0.291. The second kappa shape index (κ2) is 6.00. The van der Waals surface area contributed by atoms with Crippen molar-refractivity contribution < 1.29 is 4.74 Å². The number of aryl methyl sites for hydroxylation is 3. The van der Waals surface area contributed by atoms with Crippen LogP contribution < -0.4 is 4.74 Å². The summed E-state index contributed by atoms with van der Waals surface area (Å²) in [6.07, 6.45) is 0. The van der Waals surface area contributed by atoms with Gasteiger partial charge in [-0.05, 0) is 52.9 Å². The van der Waals surface area contributed by atoms with Gasteiger partial charge in [-0.3, -0.25) is 4.68 Å². The van der Waals surface area contributed by atoms with E-state index in [1.807, 2.05) is 18.7 Å². The van der Waals surface area contributed by atoms with E-state index >= 15 is 0 Å². The highest BCUT2D eigenvalue weighted by molar-refractivity contribution is 9.10. The standard InChI is InChI=1S/C16H21BrN2O/c1-10(2)13-7-6-11(3)15(8-13)20-9-14-16(17)12(4)18-19(14)5/h6-8,10H,9H2,1-5H3. The summed E-state index contributed by atoms with van der Waals surface area (Å²) in [7, 11) is 1.94. The predicted octanol–water partition coefficient (Wildman–Crippen LogP) is 4.50. The van der Waals surface area contributed by atoms with Crippen LogP contribution in [0.5, 0.6) is 5.75 Å². The average molecular weight is 337 g/mol. The summed E-state index contributed by atoms with van der Waals surface area (Å²) >= 11 is 3.57. The summed E-state index contributed by atoms with van der Waals surface area (Å²) in [5.74, 6) is 1.45. The van der Waals surface area contributed by atoms with Crippen LogP contribution in [-0.2, 0) is 13.7 Å². The molecular weight excluding hydrogens is 316 g/mol. The molecule has 1 aromatic heterocycles. The SMILES string of the molecule is Cc1ccc(C(C)C)cc1OCc1c(Br)c(C)nn1C. The number of rotatable bonds is 4. The lowest BCUT2D eigenvalue weighted by atomic mass is 10.0. The molecule has 0 aliphatic carbocycles. The first-order valence-electron chi connectivity index (χ1n) is 6.81. The Morgan fingerprint density at radius 1 is 1.30 bits per heavy atom. The molecule has 0 saturated heterocycles. The first-order valence-corrected chi connectivity index (χ1v) is 7.60. The van der Waals surface area contributed by atoms with Gasteiger partial charge in [-0.25, -0.2) is 0 Å². The van der Waals surface area contributed by atoms with Crippen LogP contribution in [0.25, 0.3) is 0 Å². The van der Waals surface area contributed by atoms with E-state index in [0.29, 0.717) is 12.5 Å². The lowest BCUT2D eigenvalue weighted by Gasteiger charge is -2.13. The molecule has 0 N–H and O–H groups in total. The van der Waals surface area contributed by atoms with Gasteiger partial charge in [0.15, 0.2) is 0 Å². The zero-order chi connectivity index (χ0) is 14.9. The molecule has 0 saturated carbocycles. The van der Waals surface area contributed by atoms with E-state index in [-0.39, 0.29) is 0 Å². The molecular formula is C16H21BrN2O. The molecule has 2 rings (SSSR count). The number of aromatic nitrogens is 2. The minimum atomic E-state index is 0.503. The molecule has 108 valence electrons. The normalized spacial score (nSPS) is 11.2. The zero-order valence-corrected chi connectivity index (χ0v) is 14.3. The molecule has 20 heavy (non-hydrogen) atoms. The Balaban J connectivity index is 2.20. The fourth-order valence-electron chi connectivity index (χ4n) is 2.11. The molecule has 0 spiro atoms. The van der Waals surface area contributed by atoms with Gasteiger partial charge in [-0.15, -0.1) is 0 Å². The van der Waals surface area contributed by atoms with Crippen molar-refractivity contribution in [3.63, 3.8) is 0 Å². The molecule has 1 heterocycles. The van der Waals surface area contributed by atoms with Crippen LogP contribution in [0.3, 0.4) is 0 Å². The maximum absolute atomic E-state index is 6.00. The van der Waals surface area contributed by atoms with Crippen molar-refractivity contribution in [3.8, 4) is 5.75 Å². The number of nitrogens with zero attached hydrogens (tertiary/aromatic N) is 2. The van der Waals surface area contributed by atoms with E-state index in [1.165, 1.54) is 5.56 Å². The molecule has 4 heteroatoms. The Morgan fingerprint density at radius 3 is 2.55 bits per heavy atom. The van der Waals surface area contributed by atoms with Crippen LogP contribution in [0.4, 0.5) is 0 Å². The van der Waals surface area contributed by atoms with Crippen LogP contribution in [-0.4, -0.2) is 9.78 Å². The van der Waals surface area contributed by atoms with E-state index in [4.69, 9.17) is 4.74 Å². The van der Waals surface area contributed by atoms with Gasteiger partial charge in [0.2, 0.25) is 0 Å². The Hall–Kier alpha value is -1.29. The summed E-state index contributed by atoms with van der Waals surface area (Å²) < 4.78 is 8.89. The molecule has 0 unspecified atom stereocenters. The van der Waals surface area contributed by atoms with Gasteiger partial charge in [-0.2, -0.15) is 5.10 Å². The minimum Gasteiger partial charge on any atom is -0.487 e. The summed E-state index contributed by atoms with van der Waals surface area (Å²) in [4.78, 5) is 0. The molecule has 3 nitrogen and oxygen atoms in total. The van der Waals surface area contributed by atoms with E-state index in [2.05, 4.69) is 60.0 Å². The summed E-state index contributed by atoms with van der Waals surface area (Å²) in [5, 5.41) is 4.38. The highest BCUT2D eigenvalue weighted by Crippen LogP contribution is 2.27. The fraction of sp³-hybridized carbons (Fsp3) is 0.438. The van der Waals surface area contributed by atoms with E-state index in [1.54, 1.807) is 0 Å². The summed E-state index contributed by atoms with van der Waals surface area (Å²) in [6.45, 7) is 8.95. The minimum absolute atomic E-state index is 0.503. The van der Waals surface area contributed by atoms with Gasteiger partial charge in [0.1, 0.15) is 12.4 Å². The molecule has 0 fully saturated rings. The Morgan fingerprint density at radius 2 is 2.00 bits per heavy atom. The summed E-state index contributed by atoms with van der Waals surface area (Å²) in [5.41, 5.74) is 4.49. The first kappa shape index (κ1) is 15.1. The van der Waals surface area contributed by atoms with Crippen LogP contribution in [0.2, 0.25) is 0 Å². The predicted molar refractivity (Wildman–Crippen MR) is 85.2 cm³/mol. The van der Waals surface area contributed by atoms with Crippen LogP contribution in [0, 0.1) is 13.8 Å². The largest absolute Gasteiger partial charge is 0.487 e. The van der Waals surface area contributed by atoms with Gasteiger partial charge in [0.25, 0.3) is 0 Å². The Labute approximate surface area is 129 Å². The van der Waals surface area contributed by atoms with Crippen molar-refractivity contribution >= 4 is 15.9 Å². The van der Waals surface area contributed by atoms with Crippen LogP contribution in [0.15, 0.2) is 22.7 Å². The third-order valence-electron chi connectivity index (χ3n) is 3.50. The van der Waals surface area contributed by atoms with Gasteiger partial charge >= 0.3 is 0 Å². The van der Waals surface area contributed by atoms with Gasteiger partial charge in [0, 0.05) is 7.05 Å². The fourth-order valence-corrected chi connectivity index (χ4v) is 2.56. The topological polar surface area (TPSA) is 27.1 Å². The zero-order valence-electron chi connectivity index (χ0n) is 12.7. The van der Waals surface area contributed by atoms with Crippen LogP contribution >= 0.6 is 15.9 Å². The van der Waals surface area contributed by atoms with Crippen molar-refractivity contribution in [2.75, 3.05) is 0 Å². The number of halogens is 1. The second-order valence-electron chi connectivity index (χ2n) is 5.44. The van der Waals surface area contributed by atoms with Crippen LogP contribution in [0.1, 0.15) is 42.3 Å². The summed E-state index contributed by atoms with van der Waals surface area (Å²) in [6, 6.07) is 6.42. The number of hydrogen-bond donors (Lipinski definition) is 0. The highest BCUT2D eigenvalue weighted by atomic mass is 79.9. The van der Waals surface area contributed by atoms with Crippen molar-refractivity contribution in [1.29, 1.82) is 0 Å². The lowest BCUT2D eigenvalue weighted by Crippen LogP contribution is -2.04. The van der Waals surface area contributed by atoms with Crippen molar-refractivity contribution in [1.82, 2.24) is 9.78 Å². The van der Waals surface area contributed by atoms with E-state index in [0.717, 1.165) is 27.2 Å². The molecule has 1 aromatic carbocycles. The van der Waals surface area contributed by atoms with Gasteiger partial charge in [-0.1, -0.05) is 26.0 Å². The first-order chi connectivity index (χ1) is 9.40. The maximum Gasteiger partial charge on any atom is 0.131 e. The molecule has 0 bridgehead atoms. The molecule has 0 aliphatic rings. The second-order valence-corrected chi connectivity index (χ2v) is 6.23. The smallest absolute Gasteiger partial charge is 0.131 e. The molecule has 2 aromatic rings. The van der Waals surface area contributed by atoms with Crippen molar-refractivity contribution in [2.24, 2.45) is 7.05 Å². The third-order valence-corrected chi connectivity index (χ3v) is 4.54. The van der Waals surface area contributed by atoms with Crippen molar-refractivity contribution in [2.45, 2.75) is 40.2 Å². The number of benzene rings is 1. The average Bonchev–Trinajstić information content (AvgIpc) is 2.63. The quantitative estimate of drug-likeness (QED) is 0.821. The molecule has 0 radical (unpaired) electrons. The van der Waals surface area contributed by atoms with Crippen molar-refractivity contribution in [3.05, 3.63) is 45.2 Å². The third kappa shape index (κ3) is 3.06. The van der Waals surface area contributed by atoms with E-state index in [9.17, 15) is 0 Å². The van der Waals surface area contributed by atoms with Gasteiger partial charge < -0.3 is 4.74 Å². The maximum atomic E-state index is 6.00. The number of hydrogen-bond acceptors (Lipinski definition) is 2. The molecule has 0 aliphatic heterocycles. The number of ether oxygens (including phenoxy) is 1. The Kier molecular flexibility index (Phi) is 4.53. The highest BCUT2D eigenvalue weighted by Gasteiger charge is 2.12.